The normalized spacial score (nSPS) is 10.2. The fourth-order valence-corrected chi connectivity index (χ4v) is 1.63. The van der Waals surface area contributed by atoms with Gasteiger partial charge in [0.05, 0.1) is 5.02 Å². The number of hydrogen-bond donors (Lipinski definition) is 0. The molecule has 1 nitrogen and oxygen atoms in total. The Hall–Kier alpha value is -1.18. The van der Waals surface area contributed by atoms with Crippen LogP contribution in [0, 0.1) is 13.0 Å². The standard InChI is InChI=1S/C13H9Cl2O/c1-9-4-2-5-10(8-9)16-12-7-3-6-11(14)13(12)15/h2-7H,1H3. The molecule has 0 aliphatic carbocycles. The van der Waals surface area contributed by atoms with Crippen molar-refractivity contribution in [1.29, 1.82) is 0 Å². The third kappa shape index (κ3) is 2.49. The van der Waals surface area contributed by atoms with Crippen molar-refractivity contribution in [2.75, 3.05) is 0 Å². The van der Waals surface area contributed by atoms with E-state index < -0.39 is 0 Å². The second kappa shape index (κ2) is 4.77. The highest BCUT2D eigenvalue weighted by atomic mass is 35.5. The summed E-state index contributed by atoms with van der Waals surface area (Å²) >= 11 is 11.9. The van der Waals surface area contributed by atoms with Crippen molar-refractivity contribution in [2.24, 2.45) is 0 Å². The highest BCUT2D eigenvalue weighted by molar-refractivity contribution is 6.42. The van der Waals surface area contributed by atoms with Crippen molar-refractivity contribution in [1.82, 2.24) is 0 Å². The minimum absolute atomic E-state index is 0.416. The monoisotopic (exact) mass is 251 g/mol. The van der Waals surface area contributed by atoms with Gasteiger partial charge in [0.2, 0.25) is 0 Å². The molecule has 16 heavy (non-hydrogen) atoms. The minimum atomic E-state index is 0.416. The van der Waals surface area contributed by atoms with Crippen LogP contribution in [-0.2, 0) is 0 Å². The summed E-state index contributed by atoms with van der Waals surface area (Å²) < 4.78 is 5.60. The number of ether oxygens (including phenoxy) is 1. The van der Waals surface area contributed by atoms with E-state index in [4.69, 9.17) is 27.9 Å². The molecule has 0 fully saturated rings. The summed E-state index contributed by atoms with van der Waals surface area (Å²) in [7, 11) is 0. The smallest absolute Gasteiger partial charge is 0.147 e. The molecule has 0 heterocycles. The van der Waals surface area contributed by atoms with Gasteiger partial charge in [0.15, 0.2) is 0 Å². The highest BCUT2D eigenvalue weighted by Crippen LogP contribution is 2.34. The molecule has 0 N–H and O–H groups in total. The first-order chi connectivity index (χ1) is 7.66. The van der Waals surface area contributed by atoms with Crippen LogP contribution < -0.4 is 4.74 Å². The summed E-state index contributed by atoms with van der Waals surface area (Å²) in [6.07, 6.45) is 0. The van der Waals surface area contributed by atoms with Gasteiger partial charge in [0.25, 0.3) is 0 Å². The van der Waals surface area contributed by atoms with E-state index in [1.165, 1.54) is 0 Å². The lowest BCUT2D eigenvalue weighted by Crippen LogP contribution is -1.86. The van der Waals surface area contributed by atoms with Crippen LogP contribution in [0.3, 0.4) is 0 Å². The maximum absolute atomic E-state index is 6.01. The second-order valence-electron chi connectivity index (χ2n) is 3.35. The summed E-state index contributed by atoms with van der Waals surface area (Å²) in [4.78, 5) is 0. The van der Waals surface area contributed by atoms with Gasteiger partial charge < -0.3 is 4.74 Å². The van der Waals surface area contributed by atoms with Gasteiger partial charge in [-0.25, -0.2) is 0 Å². The zero-order valence-corrected chi connectivity index (χ0v) is 10.1. The fourth-order valence-electron chi connectivity index (χ4n) is 1.30. The molecular formula is C13H9Cl2O. The molecule has 2 aromatic carbocycles. The van der Waals surface area contributed by atoms with Gasteiger partial charge >= 0.3 is 0 Å². The molecule has 0 saturated carbocycles. The molecule has 0 amide bonds. The Morgan fingerprint density at radius 1 is 1.06 bits per heavy atom. The first-order valence-electron chi connectivity index (χ1n) is 4.77. The van der Waals surface area contributed by atoms with E-state index in [1.807, 2.05) is 25.1 Å². The average Bonchev–Trinajstić information content (AvgIpc) is 2.25. The number of hydrogen-bond acceptors (Lipinski definition) is 1. The molecule has 3 heteroatoms. The topological polar surface area (TPSA) is 9.23 Å². The lowest BCUT2D eigenvalue weighted by Gasteiger charge is -2.08. The molecule has 0 aliphatic rings. The van der Waals surface area contributed by atoms with Crippen molar-refractivity contribution in [3.63, 3.8) is 0 Å². The molecule has 2 rings (SSSR count). The summed E-state index contributed by atoms with van der Waals surface area (Å²) in [5.41, 5.74) is 1.01. The quantitative estimate of drug-likeness (QED) is 0.738. The predicted molar refractivity (Wildman–Crippen MR) is 66.6 cm³/mol. The van der Waals surface area contributed by atoms with Crippen LogP contribution in [0.25, 0.3) is 0 Å². The van der Waals surface area contributed by atoms with Crippen molar-refractivity contribution >= 4 is 23.2 Å². The van der Waals surface area contributed by atoms with Crippen molar-refractivity contribution in [3.05, 3.63) is 58.1 Å². The van der Waals surface area contributed by atoms with Crippen LogP contribution in [-0.4, -0.2) is 0 Å². The molecule has 2 aromatic rings. The van der Waals surface area contributed by atoms with Gasteiger partial charge in [0, 0.05) is 6.07 Å². The molecule has 0 saturated heterocycles. The summed E-state index contributed by atoms with van der Waals surface area (Å²) in [5, 5.41) is 0.894. The molecule has 0 aliphatic heterocycles. The van der Waals surface area contributed by atoms with E-state index in [0.717, 1.165) is 5.56 Å². The van der Waals surface area contributed by atoms with Gasteiger partial charge in [-0.05, 0) is 30.7 Å². The molecule has 0 atom stereocenters. The van der Waals surface area contributed by atoms with Crippen LogP contribution in [0.2, 0.25) is 10.0 Å². The minimum Gasteiger partial charge on any atom is -0.455 e. The number of halogens is 2. The van der Waals surface area contributed by atoms with Gasteiger partial charge in [-0.2, -0.15) is 0 Å². The SMILES string of the molecule is Cc1[c]c(Oc2cccc(Cl)c2Cl)ccc1. The maximum atomic E-state index is 6.01. The van der Waals surface area contributed by atoms with Crippen molar-refractivity contribution < 1.29 is 4.74 Å². The van der Waals surface area contributed by atoms with Gasteiger partial charge in [-0.1, -0.05) is 41.4 Å². The zero-order chi connectivity index (χ0) is 11.5. The van der Waals surface area contributed by atoms with Crippen LogP contribution in [0.5, 0.6) is 11.5 Å². The van der Waals surface area contributed by atoms with E-state index in [2.05, 4.69) is 6.07 Å². The Kier molecular flexibility index (Phi) is 3.37. The first kappa shape index (κ1) is 11.3. The van der Waals surface area contributed by atoms with Gasteiger partial charge in [0.1, 0.15) is 16.5 Å². The Balaban J connectivity index is 2.31. The van der Waals surface area contributed by atoms with Crippen LogP contribution >= 0.6 is 23.2 Å². The van der Waals surface area contributed by atoms with Crippen LogP contribution in [0.4, 0.5) is 0 Å². The highest BCUT2D eigenvalue weighted by Gasteiger charge is 2.06. The number of aryl methyl sites for hydroxylation is 1. The molecule has 1 radical (unpaired) electrons. The molecule has 81 valence electrons. The Bertz CT molecular complexity index is 509. The number of rotatable bonds is 2. The summed E-state index contributed by atoms with van der Waals surface area (Å²) in [6, 6.07) is 14.0. The summed E-state index contributed by atoms with van der Waals surface area (Å²) in [5.74, 6) is 1.17. The fraction of sp³-hybridized carbons (Fsp3) is 0.0769. The number of benzene rings is 2. The first-order valence-corrected chi connectivity index (χ1v) is 5.53. The van der Waals surface area contributed by atoms with E-state index in [9.17, 15) is 0 Å². The van der Waals surface area contributed by atoms with E-state index >= 15 is 0 Å². The molecule has 0 bridgehead atoms. The maximum Gasteiger partial charge on any atom is 0.147 e. The van der Waals surface area contributed by atoms with Gasteiger partial charge in [-0.3, -0.25) is 0 Å². The lowest BCUT2D eigenvalue weighted by atomic mass is 10.2. The molecule has 0 unspecified atom stereocenters. The predicted octanol–water partition coefficient (Wildman–Crippen LogP) is 4.89. The third-order valence-electron chi connectivity index (χ3n) is 2.05. The third-order valence-corrected chi connectivity index (χ3v) is 2.85. The molecule has 0 aromatic heterocycles. The van der Waals surface area contributed by atoms with E-state index in [0.29, 0.717) is 21.5 Å². The van der Waals surface area contributed by atoms with Crippen LogP contribution in [0.1, 0.15) is 5.56 Å². The molecule has 0 spiro atoms. The van der Waals surface area contributed by atoms with Gasteiger partial charge in [-0.15, -0.1) is 0 Å². The lowest BCUT2D eigenvalue weighted by molar-refractivity contribution is 0.481. The van der Waals surface area contributed by atoms with E-state index in [1.54, 1.807) is 18.2 Å². The Labute approximate surface area is 105 Å². The van der Waals surface area contributed by atoms with Crippen molar-refractivity contribution in [3.8, 4) is 11.5 Å². The Morgan fingerprint density at radius 2 is 1.81 bits per heavy atom. The van der Waals surface area contributed by atoms with Crippen LogP contribution in [0.15, 0.2) is 36.4 Å². The molecular weight excluding hydrogens is 243 g/mol. The van der Waals surface area contributed by atoms with Crippen molar-refractivity contribution in [2.45, 2.75) is 6.92 Å². The van der Waals surface area contributed by atoms with E-state index in [-0.39, 0.29) is 0 Å². The largest absolute Gasteiger partial charge is 0.455 e. The zero-order valence-electron chi connectivity index (χ0n) is 8.63. The second-order valence-corrected chi connectivity index (χ2v) is 4.14. The summed E-state index contributed by atoms with van der Waals surface area (Å²) in [6.45, 7) is 1.95. The Morgan fingerprint density at radius 3 is 2.56 bits per heavy atom. The average molecular weight is 252 g/mol.